The van der Waals surface area contributed by atoms with Gasteiger partial charge in [0.25, 0.3) is 0 Å². The zero-order valence-electron chi connectivity index (χ0n) is 7.78. The Labute approximate surface area is 80.6 Å². The number of aromatic hydroxyl groups is 1. The Balaban J connectivity index is 2.82. The monoisotopic (exact) mass is 190 g/mol. The Bertz CT molecular complexity index is 526. The molecule has 1 heterocycles. The van der Waals surface area contributed by atoms with Crippen LogP contribution in [0.4, 0.5) is 0 Å². The molecule has 0 saturated carbocycles. The molecule has 3 nitrogen and oxygen atoms in total. The lowest BCUT2D eigenvalue weighted by Gasteiger charge is -2.01. The molecule has 0 radical (unpaired) electrons. The van der Waals surface area contributed by atoms with E-state index >= 15 is 0 Å². The summed E-state index contributed by atoms with van der Waals surface area (Å²) in [5, 5.41) is 10.1. The third kappa shape index (κ3) is 1.37. The molecule has 2 rings (SSSR count). The summed E-state index contributed by atoms with van der Waals surface area (Å²) in [4.78, 5) is 10.9. The molecule has 0 atom stereocenters. The van der Waals surface area contributed by atoms with E-state index in [2.05, 4.69) is 0 Å². The summed E-state index contributed by atoms with van der Waals surface area (Å²) in [5.41, 5.74) is 0.994. The highest BCUT2D eigenvalue weighted by Crippen LogP contribution is 2.23. The maximum Gasteiger partial charge on any atom is 0.339 e. The first-order valence-corrected chi connectivity index (χ1v) is 4.46. The van der Waals surface area contributed by atoms with Crippen LogP contribution < -0.4 is 5.63 Å². The first-order chi connectivity index (χ1) is 6.70. The van der Waals surface area contributed by atoms with Crippen LogP contribution in [0.3, 0.4) is 0 Å². The summed E-state index contributed by atoms with van der Waals surface area (Å²) in [6, 6.07) is 6.50. The van der Waals surface area contributed by atoms with Crippen LogP contribution in [0.25, 0.3) is 11.0 Å². The lowest BCUT2D eigenvalue weighted by Crippen LogP contribution is -1.95. The molecule has 0 unspecified atom stereocenters. The fourth-order valence-corrected chi connectivity index (χ4v) is 1.41. The van der Waals surface area contributed by atoms with Crippen molar-refractivity contribution in [3.05, 3.63) is 40.2 Å². The Kier molecular flexibility index (Phi) is 2.00. The van der Waals surface area contributed by atoms with Crippen LogP contribution in [0.15, 0.2) is 33.5 Å². The average molecular weight is 190 g/mol. The third-order valence-electron chi connectivity index (χ3n) is 2.19. The highest BCUT2D eigenvalue weighted by molar-refractivity contribution is 5.83. The molecule has 3 heteroatoms. The van der Waals surface area contributed by atoms with Gasteiger partial charge in [-0.05, 0) is 24.1 Å². The molecule has 1 N–H and O–H groups in total. The number of hydrogen-bond acceptors (Lipinski definition) is 3. The second kappa shape index (κ2) is 3.18. The molecule has 0 aliphatic heterocycles. The van der Waals surface area contributed by atoms with Crippen molar-refractivity contribution >= 4 is 11.0 Å². The minimum atomic E-state index is -0.528. The number of benzene rings is 1. The summed E-state index contributed by atoms with van der Waals surface area (Å²) >= 11 is 0. The van der Waals surface area contributed by atoms with E-state index in [1.807, 2.05) is 19.1 Å². The van der Waals surface area contributed by atoms with Crippen molar-refractivity contribution in [2.75, 3.05) is 0 Å². The zero-order chi connectivity index (χ0) is 10.1. The molecular weight excluding hydrogens is 180 g/mol. The first-order valence-electron chi connectivity index (χ1n) is 4.46. The SMILES string of the molecule is CCc1ccc2oc(=O)cc(O)c2c1. The number of aryl methyl sites for hydroxylation is 1. The summed E-state index contributed by atoms with van der Waals surface area (Å²) in [7, 11) is 0. The van der Waals surface area contributed by atoms with Crippen LogP contribution in [0.1, 0.15) is 12.5 Å². The van der Waals surface area contributed by atoms with Gasteiger partial charge in [-0.3, -0.25) is 0 Å². The van der Waals surface area contributed by atoms with Crippen molar-refractivity contribution in [1.82, 2.24) is 0 Å². The minimum absolute atomic E-state index is 0.0217. The lowest BCUT2D eigenvalue weighted by molar-refractivity contribution is 0.468. The van der Waals surface area contributed by atoms with Crippen molar-refractivity contribution in [2.45, 2.75) is 13.3 Å². The standard InChI is InChI=1S/C11H10O3/c1-2-7-3-4-10-8(5-7)9(12)6-11(13)14-10/h3-6,12H,2H2,1H3. The molecule has 0 saturated heterocycles. The number of rotatable bonds is 1. The quantitative estimate of drug-likeness (QED) is 0.700. The van der Waals surface area contributed by atoms with Gasteiger partial charge in [-0.25, -0.2) is 4.79 Å². The van der Waals surface area contributed by atoms with Crippen LogP contribution in [0, 0.1) is 0 Å². The van der Waals surface area contributed by atoms with Gasteiger partial charge in [0.15, 0.2) is 0 Å². The Morgan fingerprint density at radius 2 is 2.14 bits per heavy atom. The van der Waals surface area contributed by atoms with Crippen molar-refractivity contribution in [3.8, 4) is 5.75 Å². The molecule has 1 aromatic heterocycles. The Morgan fingerprint density at radius 1 is 1.36 bits per heavy atom. The van der Waals surface area contributed by atoms with Crippen LogP contribution in [0.2, 0.25) is 0 Å². The van der Waals surface area contributed by atoms with E-state index in [0.717, 1.165) is 18.1 Å². The fourth-order valence-electron chi connectivity index (χ4n) is 1.41. The van der Waals surface area contributed by atoms with E-state index in [-0.39, 0.29) is 5.75 Å². The predicted octanol–water partition coefficient (Wildman–Crippen LogP) is 2.06. The maximum absolute atomic E-state index is 10.9. The van der Waals surface area contributed by atoms with E-state index in [4.69, 9.17) is 4.42 Å². The molecule has 1 aromatic carbocycles. The van der Waals surface area contributed by atoms with E-state index in [9.17, 15) is 9.90 Å². The average Bonchev–Trinajstić information content (AvgIpc) is 2.17. The molecule has 0 fully saturated rings. The second-order valence-electron chi connectivity index (χ2n) is 3.13. The summed E-state index contributed by atoms with van der Waals surface area (Å²) in [5.74, 6) is -0.0217. The summed E-state index contributed by atoms with van der Waals surface area (Å²) in [6.07, 6.45) is 0.883. The molecule has 2 aromatic rings. The predicted molar refractivity (Wildman–Crippen MR) is 53.5 cm³/mol. The lowest BCUT2D eigenvalue weighted by atomic mass is 10.1. The minimum Gasteiger partial charge on any atom is -0.507 e. The van der Waals surface area contributed by atoms with E-state index in [1.54, 1.807) is 6.07 Å². The van der Waals surface area contributed by atoms with Crippen molar-refractivity contribution in [1.29, 1.82) is 0 Å². The molecule has 0 amide bonds. The van der Waals surface area contributed by atoms with Gasteiger partial charge in [-0.2, -0.15) is 0 Å². The van der Waals surface area contributed by atoms with Crippen LogP contribution in [0.5, 0.6) is 5.75 Å². The molecule has 14 heavy (non-hydrogen) atoms. The highest BCUT2D eigenvalue weighted by atomic mass is 16.4. The van der Waals surface area contributed by atoms with Crippen LogP contribution in [-0.4, -0.2) is 5.11 Å². The smallest absolute Gasteiger partial charge is 0.339 e. The van der Waals surface area contributed by atoms with Gasteiger partial charge in [0.2, 0.25) is 0 Å². The van der Waals surface area contributed by atoms with Crippen molar-refractivity contribution in [3.63, 3.8) is 0 Å². The topological polar surface area (TPSA) is 50.4 Å². The van der Waals surface area contributed by atoms with E-state index in [0.29, 0.717) is 11.0 Å². The number of fused-ring (bicyclic) bond motifs is 1. The van der Waals surface area contributed by atoms with Gasteiger partial charge in [0, 0.05) is 0 Å². The molecule has 0 aliphatic carbocycles. The van der Waals surface area contributed by atoms with Gasteiger partial charge in [0.1, 0.15) is 11.3 Å². The normalized spacial score (nSPS) is 10.6. The van der Waals surface area contributed by atoms with Crippen molar-refractivity contribution in [2.24, 2.45) is 0 Å². The van der Waals surface area contributed by atoms with Gasteiger partial charge < -0.3 is 9.52 Å². The first kappa shape index (κ1) is 8.81. The van der Waals surface area contributed by atoms with Crippen LogP contribution >= 0.6 is 0 Å². The van der Waals surface area contributed by atoms with E-state index in [1.165, 1.54) is 0 Å². The van der Waals surface area contributed by atoms with Gasteiger partial charge >= 0.3 is 5.63 Å². The number of hydrogen-bond donors (Lipinski definition) is 1. The van der Waals surface area contributed by atoms with E-state index < -0.39 is 5.63 Å². The molecular formula is C11H10O3. The molecule has 0 aliphatic rings. The van der Waals surface area contributed by atoms with Gasteiger partial charge in [-0.15, -0.1) is 0 Å². The van der Waals surface area contributed by atoms with Gasteiger partial charge in [-0.1, -0.05) is 13.0 Å². The zero-order valence-corrected chi connectivity index (χ0v) is 7.78. The summed E-state index contributed by atoms with van der Waals surface area (Å²) in [6.45, 7) is 2.03. The molecule has 0 spiro atoms. The largest absolute Gasteiger partial charge is 0.507 e. The Morgan fingerprint density at radius 3 is 2.86 bits per heavy atom. The van der Waals surface area contributed by atoms with Gasteiger partial charge in [0.05, 0.1) is 11.5 Å². The maximum atomic E-state index is 10.9. The van der Waals surface area contributed by atoms with Crippen LogP contribution in [-0.2, 0) is 6.42 Å². The highest BCUT2D eigenvalue weighted by Gasteiger charge is 2.04. The second-order valence-corrected chi connectivity index (χ2v) is 3.13. The summed E-state index contributed by atoms with van der Waals surface area (Å²) < 4.78 is 4.93. The third-order valence-corrected chi connectivity index (χ3v) is 2.19. The Hall–Kier alpha value is -1.77. The van der Waals surface area contributed by atoms with Crippen molar-refractivity contribution < 1.29 is 9.52 Å². The fraction of sp³-hybridized carbons (Fsp3) is 0.182. The molecule has 0 bridgehead atoms. The molecule has 72 valence electrons.